The van der Waals surface area contributed by atoms with Crippen molar-refractivity contribution in [2.24, 2.45) is 5.92 Å². The van der Waals surface area contributed by atoms with Crippen molar-refractivity contribution in [2.45, 2.75) is 39.3 Å². The maximum Gasteiger partial charge on any atom is 0.390 e. The summed E-state index contributed by atoms with van der Waals surface area (Å²) in [6, 6.07) is 4.16. The van der Waals surface area contributed by atoms with Gasteiger partial charge >= 0.3 is 6.18 Å². The molecule has 1 aliphatic rings. The molecule has 0 aromatic heterocycles. The van der Waals surface area contributed by atoms with E-state index in [-0.39, 0.29) is 17.8 Å². The fourth-order valence-electron chi connectivity index (χ4n) is 3.17. The monoisotopic (exact) mass is 387 g/mol. The van der Waals surface area contributed by atoms with Crippen LogP contribution in [-0.2, 0) is 0 Å². The summed E-state index contributed by atoms with van der Waals surface area (Å²) in [5.74, 6) is -0.0726. The molecule has 0 radical (unpaired) electrons. The van der Waals surface area contributed by atoms with Crippen LogP contribution in [0.3, 0.4) is 0 Å². The Labute approximate surface area is 156 Å². The Kier molecular flexibility index (Phi) is 6.67. The Morgan fingerprint density at radius 1 is 1.33 bits per heavy atom. The van der Waals surface area contributed by atoms with E-state index in [0.717, 1.165) is 17.7 Å². The molecule has 0 spiro atoms. The van der Waals surface area contributed by atoms with Gasteiger partial charge in [0.05, 0.1) is 11.3 Å². The second kappa shape index (κ2) is 8.58. The third-order valence-electron chi connectivity index (χ3n) is 4.88. The van der Waals surface area contributed by atoms with Crippen LogP contribution in [0, 0.1) is 16.0 Å². The van der Waals surface area contributed by atoms with Crippen LogP contribution in [0.1, 0.15) is 43.5 Å². The highest BCUT2D eigenvalue weighted by Crippen LogP contribution is 2.32. The number of hydrogen-bond donors (Lipinski definition) is 0. The zero-order valence-corrected chi connectivity index (χ0v) is 15.5. The maximum atomic E-state index is 12.5. The first kappa shape index (κ1) is 21.0. The number of carbonyl (C=O) groups is 1. The van der Waals surface area contributed by atoms with E-state index in [1.165, 1.54) is 18.2 Å². The van der Waals surface area contributed by atoms with Crippen LogP contribution in [-0.4, -0.2) is 48.1 Å². The molecule has 9 heteroatoms. The van der Waals surface area contributed by atoms with E-state index in [1.54, 1.807) is 6.92 Å². The van der Waals surface area contributed by atoms with Crippen molar-refractivity contribution in [1.82, 2.24) is 4.90 Å². The second-order valence-electron chi connectivity index (χ2n) is 6.88. The summed E-state index contributed by atoms with van der Waals surface area (Å²) in [4.78, 5) is 26.5. The van der Waals surface area contributed by atoms with Gasteiger partial charge in [0, 0.05) is 37.8 Å². The van der Waals surface area contributed by atoms with Crippen molar-refractivity contribution < 1.29 is 22.9 Å². The average Bonchev–Trinajstić information content (AvgIpc) is 2.61. The summed E-state index contributed by atoms with van der Waals surface area (Å²) in [6.07, 6.45) is -3.62. The lowest BCUT2D eigenvalue weighted by Gasteiger charge is -2.31. The van der Waals surface area contributed by atoms with E-state index >= 15 is 0 Å². The van der Waals surface area contributed by atoms with Crippen LogP contribution in [0.4, 0.5) is 24.5 Å². The highest BCUT2D eigenvalue weighted by atomic mass is 19.4. The normalized spacial score (nSPS) is 15.7. The number of rotatable bonds is 6. The first-order valence-corrected chi connectivity index (χ1v) is 9.01. The van der Waals surface area contributed by atoms with E-state index in [0.29, 0.717) is 24.7 Å². The van der Waals surface area contributed by atoms with Gasteiger partial charge in [-0.05, 0) is 37.8 Å². The summed E-state index contributed by atoms with van der Waals surface area (Å²) < 4.78 is 37.3. The Balaban J connectivity index is 2.23. The predicted molar refractivity (Wildman–Crippen MR) is 96.0 cm³/mol. The van der Waals surface area contributed by atoms with Crippen LogP contribution in [0.2, 0.25) is 0 Å². The van der Waals surface area contributed by atoms with Gasteiger partial charge in [0.15, 0.2) is 0 Å². The van der Waals surface area contributed by atoms with Crippen molar-refractivity contribution in [3.05, 3.63) is 33.9 Å². The number of halogens is 3. The molecule has 0 N–H and O–H groups in total. The lowest BCUT2D eigenvalue weighted by atomic mass is 9.98. The minimum absolute atomic E-state index is 0.0276. The highest BCUT2D eigenvalue weighted by Gasteiger charge is 2.30. The van der Waals surface area contributed by atoms with Gasteiger partial charge in [-0.25, -0.2) is 0 Å². The Hall–Kier alpha value is -2.32. The van der Waals surface area contributed by atoms with Crippen LogP contribution in [0.15, 0.2) is 18.2 Å². The first-order valence-electron chi connectivity index (χ1n) is 9.01. The fourth-order valence-corrected chi connectivity index (χ4v) is 3.17. The van der Waals surface area contributed by atoms with E-state index < -0.39 is 30.0 Å². The molecule has 1 aromatic carbocycles. The molecular formula is C18H24F3N3O3. The molecule has 1 fully saturated rings. The third-order valence-corrected chi connectivity index (χ3v) is 4.88. The van der Waals surface area contributed by atoms with Crippen LogP contribution in [0.25, 0.3) is 0 Å². The number of alkyl halides is 3. The number of nitrogens with zero attached hydrogens (tertiary/aromatic N) is 3. The number of amides is 1. The Bertz CT molecular complexity index is 686. The molecule has 0 unspecified atom stereocenters. The number of benzene rings is 1. The van der Waals surface area contributed by atoms with Crippen LogP contribution < -0.4 is 4.90 Å². The lowest BCUT2D eigenvalue weighted by Crippen LogP contribution is -2.35. The summed E-state index contributed by atoms with van der Waals surface area (Å²) in [6.45, 7) is 4.72. The summed E-state index contributed by atoms with van der Waals surface area (Å²) in [5, 5.41) is 11.5. The van der Waals surface area contributed by atoms with E-state index in [4.69, 9.17) is 0 Å². The molecule has 0 aliphatic carbocycles. The Morgan fingerprint density at radius 2 is 1.96 bits per heavy atom. The zero-order chi connectivity index (χ0) is 20.2. The molecule has 1 aliphatic heterocycles. The number of anilines is 1. The summed E-state index contributed by atoms with van der Waals surface area (Å²) in [7, 11) is 0. The number of nitro groups is 1. The van der Waals surface area contributed by atoms with Gasteiger partial charge in [0.2, 0.25) is 0 Å². The van der Waals surface area contributed by atoms with Crippen molar-refractivity contribution in [2.75, 3.05) is 31.1 Å². The van der Waals surface area contributed by atoms with Crippen molar-refractivity contribution in [1.29, 1.82) is 0 Å². The molecule has 1 aromatic rings. The van der Waals surface area contributed by atoms with E-state index in [1.807, 2.05) is 4.90 Å². The van der Waals surface area contributed by atoms with E-state index in [9.17, 15) is 28.1 Å². The topological polar surface area (TPSA) is 66.7 Å². The minimum atomic E-state index is -4.37. The molecule has 6 nitrogen and oxygen atoms in total. The number of carbonyl (C=O) groups excluding carboxylic acids is 1. The minimum Gasteiger partial charge on any atom is -0.366 e. The van der Waals surface area contributed by atoms with Crippen molar-refractivity contribution in [3.63, 3.8) is 0 Å². The smallest absolute Gasteiger partial charge is 0.366 e. The van der Waals surface area contributed by atoms with Gasteiger partial charge in [-0.15, -0.1) is 0 Å². The molecule has 1 heterocycles. The summed E-state index contributed by atoms with van der Waals surface area (Å²) in [5.41, 5.74) is 0.281. The first-order chi connectivity index (χ1) is 12.6. The van der Waals surface area contributed by atoms with Gasteiger partial charge in [-0.3, -0.25) is 14.9 Å². The lowest BCUT2D eigenvalue weighted by molar-refractivity contribution is -0.384. The van der Waals surface area contributed by atoms with Crippen molar-refractivity contribution in [3.8, 4) is 0 Å². The molecule has 1 saturated heterocycles. The van der Waals surface area contributed by atoms with Crippen molar-refractivity contribution >= 4 is 17.3 Å². The molecule has 0 bridgehead atoms. The third kappa shape index (κ3) is 5.58. The standard InChI is InChI=1S/C18H24F3N3O3/c1-3-22(11-8-18(19,20)21)17(25)14-4-5-15(16(12-14)24(26)27)23-9-6-13(2)7-10-23/h4-5,12-13H,3,6-11H2,1-2H3. The number of nitro benzene ring substituents is 1. The SMILES string of the molecule is CCN(CCC(F)(F)F)C(=O)c1ccc(N2CCC(C)CC2)c([N+](=O)[O-])c1. The zero-order valence-electron chi connectivity index (χ0n) is 15.5. The average molecular weight is 387 g/mol. The number of piperidine rings is 1. The number of hydrogen-bond acceptors (Lipinski definition) is 4. The maximum absolute atomic E-state index is 12.5. The fraction of sp³-hybridized carbons (Fsp3) is 0.611. The molecule has 0 atom stereocenters. The van der Waals surface area contributed by atoms with E-state index in [2.05, 4.69) is 6.92 Å². The molecule has 27 heavy (non-hydrogen) atoms. The van der Waals surface area contributed by atoms with Crippen LogP contribution >= 0.6 is 0 Å². The largest absolute Gasteiger partial charge is 0.390 e. The molecule has 2 rings (SSSR count). The molecular weight excluding hydrogens is 363 g/mol. The van der Waals surface area contributed by atoms with Crippen LogP contribution in [0.5, 0.6) is 0 Å². The molecule has 150 valence electrons. The Morgan fingerprint density at radius 3 is 2.48 bits per heavy atom. The highest BCUT2D eigenvalue weighted by molar-refractivity contribution is 5.95. The van der Waals surface area contributed by atoms with Gasteiger partial charge < -0.3 is 9.80 Å². The molecule has 1 amide bonds. The van der Waals surface area contributed by atoms with Gasteiger partial charge in [0.1, 0.15) is 5.69 Å². The van der Waals surface area contributed by atoms with Gasteiger partial charge in [-0.2, -0.15) is 13.2 Å². The second-order valence-corrected chi connectivity index (χ2v) is 6.88. The predicted octanol–water partition coefficient (Wildman–Crippen LogP) is 4.25. The summed E-state index contributed by atoms with van der Waals surface area (Å²) >= 11 is 0. The van der Waals surface area contributed by atoms with Gasteiger partial charge in [0.25, 0.3) is 11.6 Å². The quantitative estimate of drug-likeness (QED) is 0.541. The van der Waals surface area contributed by atoms with Gasteiger partial charge in [-0.1, -0.05) is 6.92 Å². The molecule has 0 saturated carbocycles.